The monoisotopic (exact) mass is 574 g/mol. The molecule has 4 saturated carbocycles. The molecule has 5 fully saturated rings. The molecule has 0 spiro atoms. The zero-order valence-corrected chi connectivity index (χ0v) is 25.2. The highest BCUT2D eigenvalue weighted by Gasteiger charge is 2.51. The summed E-state index contributed by atoms with van der Waals surface area (Å²) in [6.45, 7) is 5.59. The Balaban J connectivity index is 0.933. The molecule has 2 heterocycles. The fourth-order valence-corrected chi connectivity index (χ4v) is 8.91. The number of hydrogen-bond acceptors (Lipinski definition) is 5. The lowest BCUT2D eigenvalue weighted by atomic mass is 9.49. The van der Waals surface area contributed by atoms with E-state index in [1.165, 1.54) is 56.0 Å². The third kappa shape index (κ3) is 6.15. The van der Waals surface area contributed by atoms with E-state index in [2.05, 4.69) is 57.0 Å². The number of carbonyl (C=O) groups excluding carboxylic acids is 1. The van der Waals surface area contributed by atoms with Gasteiger partial charge < -0.3 is 14.9 Å². The van der Waals surface area contributed by atoms with E-state index in [-0.39, 0.29) is 11.7 Å². The van der Waals surface area contributed by atoms with Crippen LogP contribution in [-0.4, -0.2) is 65.6 Å². The molecule has 8 rings (SSSR count). The smallest absolute Gasteiger partial charge is 0.253 e. The Morgan fingerprint density at radius 2 is 1.60 bits per heavy atom. The molecule has 0 unspecified atom stereocenters. The molecule has 4 bridgehead atoms. The SMILES string of the molecule is CN(CC12CC3CC(CC(C3)C1)C2)C(=O)c1ccc(N2CCN(Cc3ccccc3C#Cc3cncc(O)c3)CC2)cc1. The second-order valence-corrected chi connectivity index (χ2v) is 13.7. The summed E-state index contributed by atoms with van der Waals surface area (Å²) in [5.74, 6) is 9.42. The summed E-state index contributed by atoms with van der Waals surface area (Å²) in [5, 5.41) is 9.68. The number of benzene rings is 2. The molecular weight excluding hydrogens is 532 g/mol. The number of hydrogen-bond donors (Lipinski definition) is 1. The Labute approximate surface area is 255 Å². The minimum Gasteiger partial charge on any atom is -0.506 e. The van der Waals surface area contributed by atoms with Crippen LogP contribution in [0.3, 0.4) is 0 Å². The highest BCUT2D eigenvalue weighted by Crippen LogP contribution is 2.60. The minimum atomic E-state index is 0.124. The van der Waals surface area contributed by atoms with Crippen molar-refractivity contribution in [1.29, 1.82) is 0 Å². The Kier molecular flexibility index (Phi) is 7.61. The van der Waals surface area contributed by atoms with Gasteiger partial charge in [0.25, 0.3) is 5.91 Å². The lowest BCUT2D eigenvalue weighted by Crippen LogP contribution is -2.51. The lowest BCUT2D eigenvalue weighted by Gasteiger charge is -2.57. The van der Waals surface area contributed by atoms with Crippen molar-refractivity contribution in [3.05, 3.63) is 89.2 Å². The molecule has 4 aliphatic carbocycles. The second-order valence-electron chi connectivity index (χ2n) is 13.7. The number of aromatic hydroxyl groups is 1. The number of piperazine rings is 1. The van der Waals surface area contributed by atoms with Gasteiger partial charge in [0, 0.05) is 74.9 Å². The van der Waals surface area contributed by atoms with Gasteiger partial charge in [0.15, 0.2) is 0 Å². The van der Waals surface area contributed by atoms with Gasteiger partial charge in [0.2, 0.25) is 0 Å². The van der Waals surface area contributed by atoms with E-state index in [0.717, 1.165) is 68.1 Å². The topological polar surface area (TPSA) is 59.9 Å². The molecule has 222 valence electrons. The van der Waals surface area contributed by atoms with Crippen molar-refractivity contribution in [2.45, 2.75) is 45.1 Å². The number of aromatic nitrogens is 1. The van der Waals surface area contributed by atoms with Crippen molar-refractivity contribution in [2.24, 2.45) is 23.2 Å². The van der Waals surface area contributed by atoms with Crippen LogP contribution in [0.15, 0.2) is 67.0 Å². The molecule has 1 aliphatic heterocycles. The summed E-state index contributed by atoms with van der Waals surface area (Å²) in [7, 11) is 2.02. The van der Waals surface area contributed by atoms with Crippen LogP contribution in [0.1, 0.15) is 65.6 Å². The van der Waals surface area contributed by atoms with Crippen LogP contribution in [0.2, 0.25) is 0 Å². The van der Waals surface area contributed by atoms with Gasteiger partial charge in [-0.15, -0.1) is 0 Å². The largest absolute Gasteiger partial charge is 0.506 e. The number of rotatable bonds is 6. The Morgan fingerprint density at radius 1 is 0.930 bits per heavy atom. The fourth-order valence-electron chi connectivity index (χ4n) is 8.91. The first kappa shape index (κ1) is 28.0. The lowest BCUT2D eigenvalue weighted by molar-refractivity contribution is -0.0629. The van der Waals surface area contributed by atoms with Crippen molar-refractivity contribution in [3.63, 3.8) is 0 Å². The molecular formula is C37H42N4O2. The first-order valence-electron chi connectivity index (χ1n) is 16.0. The predicted molar refractivity (Wildman–Crippen MR) is 170 cm³/mol. The van der Waals surface area contributed by atoms with Crippen LogP contribution in [0.4, 0.5) is 5.69 Å². The number of amides is 1. The molecule has 6 nitrogen and oxygen atoms in total. The van der Waals surface area contributed by atoms with Gasteiger partial charge >= 0.3 is 0 Å². The molecule has 1 N–H and O–H groups in total. The average molecular weight is 575 g/mol. The number of pyridine rings is 1. The highest BCUT2D eigenvalue weighted by molar-refractivity contribution is 5.94. The maximum absolute atomic E-state index is 13.4. The molecule has 2 aromatic carbocycles. The third-order valence-electron chi connectivity index (χ3n) is 10.4. The minimum absolute atomic E-state index is 0.124. The molecule has 5 aliphatic rings. The van der Waals surface area contributed by atoms with Crippen LogP contribution in [0.5, 0.6) is 5.75 Å². The van der Waals surface area contributed by atoms with Crippen LogP contribution < -0.4 is 4.90 Å². The molecule has 1 saturated heterocycles. The normalized spacial score (nSPS) is 26.2. The van der Waals surface area contributed by atoms with Gasteiger partial charge in [-0.05, 0) is 104 Å². The van der Waals surface area contributed by atoms with Crippen molar-refractivity contribution < 1.29 is 9.90 Å². The van der Waals surface area contributed by atoms with Crippen LogP contribution in [0, 0.1) is 35.0 Å². The van der Waals surface area contributed by atoms with Gasteiger partial charge in [0.1, 0.15) is 5.75 Å². The Morgan fingerprint density at radius 3 is 2.28 bits per heavy atom. The summed E-state index contributed by atoms with van der Waals surface area (Å²) >= 11 is 0. The van der Waals surface area contributed by atoms with E-state index in [9.17, 15) is 9.90 Å². The summed E-state index contributed by atoms with van der Waals surface area (Å²) < 4.78 is 0. The molecule has 0 atom stereocenters. The Hall–Kier alpha value is -3.82. The summed E-state index contributed by atoms with van der Waals surface area (Å²) in [6.07, 6.45) is 11.4. The number of carbonyl (C=O) groups is 1. The van der Waals surface area contributed by atoms with Crippen molar-refractivity contribution in [2.75, 3.05) is 44.7 Å². The van der Waals surface area contributed by atoms with Crippen molar-refractivity contribution in [3.8, 4) is 17.6 Å². The predicted octanol–water partition coefficient (Wildman–Crippen LogP) is 5.80. The van der Waals surface area contributed by atoms with Crippen molar-refractivity contribution in [1.82, 2.24) is 14.8 Å². The van der Waals surface area contributed by atoms with E-state index in [0.29, 0.717) is 11.0 Å². The van der Waals surface area contributed by atoms with E-state index in [1.54, 1.807) is 12.3 Å². The van der Waals surface area contributed by atoms with Gasteiger partial charge in [-0.2, -0.15) is 0 Å². The summed E-state index contributed by atoms with van der Waals surface area (Å²) in [6, 6.07) is 18.2. The van der Waals surface area contributed by atoms with Gasteiger partial charge in [-0.25, -0.2) is 0 Å². The van der Waals surface area contributed by atoms with Crippen LogP contribution >= 0.6 is 0 Å². The first-order chi connectivity index (χ1) is 20.9. The maximum atomic E-state index is 13.4. The number of anilines is 1. The molecule has 0 radical (unpaired) electrons. The zero-order valence-electron chi connectivity index (χ0n) is 25.2. The quantitative estimate of drug-likeness (QED) is 0.377. The second kappa shape index (κ2) is 11.7. The maximum Gasteiger partial charge on any atom is 0.253 e. The van der Waals surface area contributed by atoms with Gasteiger partial charge in [0.05, 0.1) is 6.20 Å². The van der Waals surface area contributed by atoms with Gasteiger partial charge in [-0.3, -0.25) is 14.7 Å². The summed E-state index contributed by atoms with van der Waals surface area (Å²) in [5.41, 5.74) is 5.26. The van der Waals surface area contributed by atoms with Gasteiger partial charge in [-0.1, -0.05) is 30.0 Å². The molecule has 3 aromatic rings. The average Bonchev–Trinajstić information content (AvgIpc) is 3.00. The van der Waals surface area contributed by atoms with E-state index in [1.807, 2.05) is 30.1 Å². The highest BCUT2D eigenvalue weighted by atomic mass is 16.3. The molecule has 6 heteroatoms. The third-order valence-corrected chi connectivity index (χ3v) is 10.4. The van der Waals surface area contributed by atoms with Crippen molar-refractivity contribution >= 4 is 11.6 Å². The zero-order chi connectivity index (χ0) is 29.4. The first-order valence-corrected chi connectivity index (χ1v) is 16.0. The molecule has 43 heavy (non-hydrogen) atoms. The van der Waals surface area contributed by atoms with Crippen LogP contribution in [-0.2, 0) is 6.54 Å². The van der Waals surface area contributed by atoms with E-state index in [4.69, 9.17) is 0 Å². The summed E-state index contributed by atoms with van der Waals surface area (Å²) in [4.78, 5) is 24.4. The van der Waals surface area contributed by atoms with E-state index < -0.39 is 0 Å². The fraction of sp³-hybridized carbons (Fsp3) is 0.459. The van der Waals surface area contributed by atoms with E-state index >= 15 is 0 Å². The van der Waals surface area contributed by atoms with Crippen LogP contribution in [0.25, 0.3) is 0 Å². The Bertz CT molecular complexity index is 1490. The number of nitrogens with zero attached hydrogens (tertiary/aromatic N) is 4. The molecule has 1 aromatic heterocycles. The molecule has 1 amide bonds. The standard InChI is InChI=1S/C37H42N4O2/c1-39(26-37-20-28-16-29(21-37)18-30(17-28)22-37)36(43)32-8-10-34(11-9-32)41-14-12-40(13-15-41)25-33-5-3-2-4-31(33)7-6-27-19-35(42)24-38-23-27/h2-5,8-11,19,23-24,28-30,42H,12-18,20-22,25-26H2,1H3.